The minimum Gasteiger partial charge on any atom is -0.464 e. The summed E-state index contributed by atoms with van der Waals surface area (Å²) in [6.45, 7) is 8.20. The van der Waals surface area contributed by atoms with Crippen LogP contribution in [0, 0.1) is 13.8 Å². The number of Topliss-reactive ketones (excluding diaryl/α,β-unsaturated/α-hetero) is 1. The van der Waals surface area contributed by atoms with Gasteiger partial charge in [0.25, 0.3) is 0 Å². The number of carbonyl (C=O) groups excluding carboxylic acids is 2. The molecular weight excluding hydrogens is 529 g/mol. The number of morpholine rings is 1. The van der Waals surface area contributed by atoms with Crippen molar-refractivity contribution >= 4 is 45.0 Å². The first-order valence-electron chi connectivity index (χ1n) is 11.6. The normalized spacial score (nSPS) is 14.9. The van der Waals surface area contributed by atoms with E-state index in [1.165, 1.54) is 25.3 Å². The summed E-state index contributed by atoms with van der Waals surface area (Å²) in [7, 11) is -2.90. The molecule has 1 saturated heterocycles. The molecule has 0 bridgehead atoms. The van der Waals surface area contributed by atoms with Gasteiger partial charge < -0.3 is 14.0 Å². The fourth-order valence-electron chi connectivity index (χ4n) is 4.48. The summed E-state index contributed by atoms with van der Waals surface area (Å²) in [5.74, 6) is -0.981. The van der Waals surface area contributed by atoms with Gasteiger partial charge in [-0.1, -0.05) is 23.2 Å². The maximum Gasteiger partial charge on any atom is 0.354 e. The molecule has 36 heavy (non-hydrogen) atoms. The van der Waals surface area contributed by atoms with Crippen molar-refractivity contribution in [2.24, 2.45) is 0 Å². The first kappa shape index (κ1) is 28.6. The van der Waals surface area contributed by atoms with E-state index in [-0.39, 0.29) is 27.2 Å². The van der Waals surface area contributed by atoms with Crippen molar-refractivity contribution in [2.75, 3.05) is 53.0 Å². The van der Waals surface area contributed by atoms with Crippen LogP contribution in [0.2, 0.25) is 10.0 Å². The van der Waals surface area contributed by atoms with Crippen molar-refractivity contribution in [1.29, 1.82) is 0 Å². The highest BCUT2D eigenvalue weighted by Gasteiger charge is 2.33. The smallest absolute Gasteiger partial charge is 0.354 e. The standard InChI is InChI=1S/C24H31Cl2N3O6S/c1-5-29-17(3)22(16(2)23(29)24(31)34-4)20(30)15-28(9-8-27-10-12-35-13-11-27)36(32,33)21-14-18(25)6-7-19(21)26/h6-7,14H,5,8-13,15H2,1-4H3. The number of ether oxygens (including phenoxy) is 2. The highest BCUT2D eigenvalue weighted by Crippen LogP contribution is 2.29. The number of ketones is 1. The van der Waals surface area contributed by atoms with Crippen LogP contribution in [0.4, 0.5) is 0 Å². The van der Waals surface area contributed by atoms with Crippen molar-refractivity contribution in [1.82, 2.24) is 13.8 Å². The van der Waals surface area contributed by atoms with E-state index in [1.54, 1.807) is 18.4 Å². The Morgan fingerprint density at radius 3 is 2.44 bits per heavy atom. The van der Waals surface area contributed by atoms with Crippen LogP contribution >= 0.6 is 23.2 Å². The number of aromatic nitrogens is 1. The molecule has 1 fully saturated rings. The van der Waals surface area contributed by atoms with Crippen LogP contribution in [0.1, 0.15) is 39.0 Å². The van der Waals surface area contributed by atoms with Gasteiger partial charge in [0, 0.05) is 49.0 Å². The van der Waals surface area contributed by atoms with Crippen molar-refractivity contribution < 1.29 is 27.5 Å². The first-order valence-corrected chi connectivity index (χ1v) is 13.8. The van der Waals surface area contributed by atoms with Gasteiger partial charge >= 0.3 is 5.97 Å². The molecule has 0 amide bonds. The summed E-state index contributed by atoms with van der Waals surface area (Å²) in [6, 6.07) is 4.20. The van der Waals surface area contributed by atoms with E-state index >= 15 is 0 Å². The highest BCUT2D eigenvalue weighted by molar-refractivity contribution is 7.89. The van der Waals surface area contributed by atoms with Gasteiger partial charge in [0.05, 0.1) is 31.9 Å². The Morgan fingerprint density at radius 2 is 1.83 bits per heavy atom. The predicted molar refractivity (Wildman–Crippen MR) is 138 cm³/mol. The summed E-state index contributed by atoms with van der Waals surface area (Å²) in [4.78, 5) is 27.9. The zero-order chi connectivity index (χ0) is 26.6. The number of carbonyl (C=O) groups is 2. The lowest BCUT2D eigenvalue weighted by Gasteiger charge is -2.29. The number of hydrogen-bond acceptors (Lipinski definition) is 7. The monoisotopic (exact) mass is 559 g/mol. The average molecular weight is 561 g/mol. The summed E-state index contributed by atoms with van der Waals surface area (Å²) in [6.07, 6.45) is 0. The van der Waals surface area contributed by atoms with Gasteiger partial charge in [0.1, 0.15) is 10.6 Å². The molecule has 0 spiro atoms. The van der Waals surface area contributed by atoms with Crippen molar-refractivity contribution in [3.05, 3.63) is 50.8 Å². The number of benzene rings is 1. The second-order valence-electron chi connectivity index (χ2n) is 8.46. The second-order valence-corrected chi connectivity index (χ2v) is 11.2. The molecule has 1 aliphatic rings. The Morgan fingerprint density at radius 1 is 1.17 bits per heavy atom. The zero-order valence-corrected chi connectivity index (χ0v) is 23.2. The quantitative estimate of drug-likeness (QED) is 0.325. The number of rotatable bonds is 10. The molecule has 0 unspecified atom stereocenters. The fraction of sp³-hybridized carbons (Fsp3) is 0.500. The van der Waals surface area contributed by atoms with E-state index in [9.17, 15) is 18.0 Å². The SMILES string of the molecule is CCn1c(C)c(C(=O)CN(CCN2CCOCC2)S(=O)(=O)c2cc(Cl)ccc2Cl)c(C)c1C(=O)OC. The zero-order valence-electron chi connectivity index (χ0n) is 20.8. The Bertz CT molecular complexity index is 1240. The fourth-order valence-corrected chi connectivity index (χ4v) is 6.60. The van der Waals surface area contributed by atoms with Crippen LogP contribution in [0.5, 0.6) is 0 Å². The molecular formula is C24H31Cl2N3O6S. The lowest BCUT2D eigenvalue weighted by atomic mass is 10.1. The summed E-state index contributed by atoms with van der Waals surface area (Å²) in [5, 5.41) is 0.229. The number of halogens is 2. The minimum absolute atomic E-state index is 0.0145. The van der Waals surface area contributed by atoms with E-state index in [1.807, 2.05) is 6.92 Å². The lowest BCUT2D eigenvalue weighted by molar-refractivity contribution is 0.0362. The summed E-state index contributed by atoms with van der Waals surface area (Å²) < 4.78 is 40.5. The molecule has 0 N–H and O–H groups in total. The van der Waals surface area contributed by atoms with Crippen LogP contribution in [-0.4, -0.2) is 87.0 Å². The Labute approximate surface area is 221 Å². The van der Waals surface area contributed by atoms with Crippen LogP contribution in [0.15, 0.2) is 23.1 Å². The van der Waals surface area contributed by atoms with Crippen molar-refractivity contribution in [3.63, 3.8) is 0 Å². The molecule has 3 rings (SSSR count). The highest BCUT2D eigenvalue weighted by atomic mass is 35.5. The number of esters is 1. The maximum atomic E-state index is 13.7. The topological polar surface area (TPSA) is 98.2 Å². The molecule has 0 saturated carbocycles. The van der Waals surface area contributed by atoms with Gasteiger partial charge in [-0.25, -0.2) is 13.2 Å². The van der Waals surface area contributed by atoms with E-state index in [0.717, 1.165) is 4.31 Å². The third-order valence-corrected chi connectivity index (χ3v) is 8.90. The number of sulfonamides is 1. The molecule has 0 aliphatic carbocycles. The van der Waals surface area contributed by atoms with E-state index in [2.05, 4.69) is 4.90 Å². The van der Waals surface area contributed by atoms with Gasteiger partial charge in [0.2, 0.25) is 10.0 Å². The summed E-state index contributed by atoms with van der Waals surface area (Å²) in [5.41, 5.74) is 1.62. The Kier molecular flexibility index (Phi) is 9.59. The van der Waals surface area contributed by atoms with Gasteiger partial charge in [-0.15, -0.1) is 0 Å². The third kappa shape index (κ3) is 5.95. The Hall–Kier alpha value is -1.95. The predicted octanol–water partition coefficient (Wildman–Crippen LogP) is 3.42. The molecule has 1 aromatic heterocycles. The molecule has 0 atom stereocenters. The van der Waals surface area contributed by atoms with Gasteiger partial charge in [-0.2, -0.15) is 4.31 Å². The van der Waals surface area contributed by atoms with Crippen LogP contribution < -0.4 is 0 Å². The summed E-state index contributed by atoms with van der Waals surface area (Å²) >= 11 is 12.3. The first-order chi connectivity index (χ1) is 17.0. The van der Waals surface area contributed by atoms with Gasteiger partial charge in [-0.3, -0.25) is 9.69 Å². The van der Waals surface area contributed by atoms with Crippen molar-refractivity contribution in [3.8, 4) is 0 Å². The number of hydrogen-bond donors (Lipinski definition) is 0. The molecule has 1 aromatic carbocycles. The Balaban J connectivity index is 1.99. The lowest BCUT2D eigenvalue weighted by Crippen LogP contribution is -2.44. The number of nitrogens with zero attached hydrogens (tertiary/aromatic N) is 3. The second kappa shape index (κ2) is 12.1. The van der Waals surface area contributed by atoms with E-state index in [0.29, 0.717) is 56.2 Å². The maximum absolute atomic E-state index is 13.7. The van der Waals surface area contributed by atoms with Crippen LogP contribution in [0.3, 0.4) is 0 Å². The number of methoxy groups -OCH3 is 1. The molecule has 0 radical (unpaired) electrons. The minimum atomic E-state index is -4.17. The average Bonchev–Trinajstić information content (AvgIpc) is 3.12. The van der Waals surface area contributed by atoms with Crippen LogP contribution in [0.25, 0.3) is 0 Å². The van der Waals surface area contributed by atoms with Gasteiger partial charge in [-0.05, 0) is 44.5 Å². The molecule has 9 nitrogen and oxygen atoms in total. The van der Waals surface area contributed by atoms with E-state index in [4.69, 9.17) is 32.7 Å². The van der Waals surface area contributed by atoms with Gasteiger partial charge in [0.15, 0.2) is 5.78 Å². The largest absolute Gasteiger partial charge is 0.464 e. The van der Waals surface area contributed by atoms with Crippen LogP contribution in [-0.2, 0) is 26.0 Å². The third-order valence-electron chi connectivity index (χ3n) is 6.34. The molecule has 1 aliphatic heterocycles. The molecule has 2 aromatic rings. The molecule has 2 heterocycles. The van der Waals surface area contributed by atoms with Crippen molar-refractivity contribution in [2.45, 2.75) is 32.2 Å². The molecule has 198 valence electrons. The molecule has 12 heteroatoms. The van der Waals surface area contributed by atoms with E-state index < -0.39 is 28.3 Å².